The molecule has 0 spiro atoms. The minimum Gasteiger partial charge on any atom is -0.361 e. The number of aromatic nitrogens is 4. The number of aryl methyl sites for hydroxylation is 2. The van der Waals surface area contributed by atoms with Crippen molar-refractivity contribution in [3.05, 3.63) is 29.4 Å². The average Bonchev–Trinajstić information content (AvgIpc) is 2.77. The molecule has 0 saturated heterocycles. The Morgan fingerprint density at radius 1 is 1.47 bits per heavy atom. The number of nitrogens with one attached hydrogen (secondary N) is 1. The molecule has 6 nitrogen and oxygen atoms in total. The molecular weight excluding hydrogens is 194 g/mol. The fraction of sp³-hybridized carbons (Fsp3) is 0.444. The van der Waals surface area contributed by atoms with Crippen LogP contribution in [-0.2, 0) is 20.1 Å². The Morgan fingerprint density at radius 2 is 2.33 bits per heavy atom. The lowest BCUT2D eigenvalue weighted by atomic mass is 10.3. The second-order valence-corrected chi connectivity index (χ2v) is 3.38. The number of hydrogen-bond donors (Lipinski definition) is 1. The molecule has 0 aliphatic rings. The molecule has 0 bridgehead atoms. The van der Waals surface area contributed by atoms with Crippen LogP contribution in [-0.4, -0.2) is 20.2 Å². The second kappa shape index (κ2) is 4.22. The highest BCUT2D eigenvalue weighted by atomic mass is 16.5. The molecule has 0 radical (unpaired) electrons. The summed E-state index contributed by atoms with van der Waals surface area (Å²) in [7, 11) is 1.87. The van der Waals surface area contributed by atoms with Gasteiger partial charge in [0.1, 0.15) is 5.76 Å². The molecule has 0 aliphatic heterocycles. The molecule has 0 fully saturated rings. The van der Waals surface area contributed by atoms with Crippen LogP contribution in [0.15, 0.2) is 16.8 Å². The second-order valence-electron chi connectivity index (χ2n) is 3.38. The maximum atomic E-state index is 4.96. The van der Waals surface area contributed by atoms with Crippen molar-refractivity contribution < 1.29 is 4.52 Å². The fourth-order valence-corrected chi connectivity index (χ4v) is 1.29. The lowest BCUT2D eigenvalue weighted by Gasteiger charge is -2.01. The Kier molecular flexibility index (Phi) is 2.77. The van der Waals surface area contributed by atoms with E-state index in [9.17, 15) is 0 Å². The lowest BCUT2D eigenvalue weighted by molar-refractivity contribution is 0.388. The van der Waals surface area contributed by atoms with Gasteiger partial charge in [0.05, 0.1) is 17.6 Å². The summed E-state index contributed by atoms with van der Waals surface area (Å²) < 4.78 is 6.69. The van der Waals surface area contributed by atoms with Gasteiger partial charge in [0.2, 0.25) is 0 Å². The predicted molar refractivity (Wildman–Crippen MR) is 52.8 cm³/mol. The van der Waals surface area contributed by atoms with Crippen LogP contribution in [0.5, 0.6) is 0 Å². The highest BCUT2D eigenvalue weighted by Crippen LogP contribution is 2.01. The first-order valence-electron chi connectivity index (χ1n) is 4.72. The standard InChI is InChI=1S/C9H13N5O/c1-7-3-8(12-15-7)4-10-5-9-6-11-13-14(9)2/h3,6,10H,4-5H2,1-2H3. The Bertz CT molecular complexity index is 433. The number of rotatable bonds is 4. The molecule has 6 heteroatoms. The van der Waals surface area contributed by atoms with Crippen LogP contribution in [0.4, 0.5) is 0 Å². The third kappa shape index (κ3) is 2.41. The zero-order valence-corrected chi connectivity index (χ0v) is 8.77. The molecule has 0 saturated carbocycles. The maximum Gasteiger partial charge on any atom is 0.133 e. The van der Waals surface area contributed by atoms with Gasteiger partial charge in [-0.15, -0.1) is 5.10 Å². The van der Waals surface area contributed by atoms with Crippen molar-refractivity contribution in [2.24, 2.45) is 7.05 Å². The molecule has 15 heavy (non-hydrogen) atoms. The molecule has 0 amide bonds. The molecule has 0 atom stereocenters. The topological polar surface area (TPSA) is 68.8 Å². The van der Waals surface area contributed by atoms with Crippen molar-refractivity contribution in [2.45, 2.75) is 20.0 Å². The third-order valence-electron chi connectivity index (χ3n) is 2.10. The van der Waals surface area contributed by atoms with E-state index in [1.807, 2.05) is 20.0 Å². The minimum atomic E-state index is 0.683. The summed E-state index contributed by atoms with van der Waals surface area (Å²) in [6.45, 7) is 3.28. The van der Waals surface area contributed by atoms with Gasteiger partial charge in [0, 0.05) is 26.2 Å². The van der Waals surface area contributed by atoms with Gasteiger partial charge in [0.15, 0.2) is 0 Å². The average molecular weight is 207 g/mol. The number of nitrogens with zero attached hydrogens (tertiary/aromatic N) is 4. The molecule has 0 aliphatic carbocycles. The van der Waals surface area contributed by atoms with E-state index >= 15 is 0 Å². The zero-order chi connectivity index (χ0) is 10.7. The largest absolute Gasteiger partial charge is 0.361 e. The summed E-state index contributed by atoms with van der Waals surface area (Å²) in [6, 6.07) is 1.91. The molecule has 0 unspecified atom stereocenters. The summed E-state index contributed by atoms with van der Waals surface area (Å²) in [5.74, 6) is 0.828. The Morgan fingerprint density at radius 3 is 2.93 bits per heavy atom. The van der Waals surface area contributed by atoms with Crippen molar-refractivity contribution in [1.29, 1.82) is 0 Å². The van der Waals surface area contributed by atoms with E-state index in [1.165, 1.54) is 0 Å². The predicted octanol–water partition coefficient (Wildman–Crippen LogP) is 0.401. The van der Waals surface area contributed by atoms with Crippen molar-refractivity contribution in [1.82, 2.24) is 25.5 Å². The first-order valence-corrected chi connectivity index (χ1v) is 4.72. The molecule has 2 aromatic rings. The Labute approximate surface area is 87.3 Å². The highest BCUT2D eigenvalue weighted by Gasteiger charge is 2.01. The summed E-state index contributed by atoms with van der Waals surface area (Å²) in [4.78, 5) is 0. The Balaban J connectivity index is 1.83. The van der Waals surface area contributed by atoms with Crippen LogP contribution < -0.4 is 5.32 Å². The van der Waals surface area contributed by atoms with E-state index in [0.717, 1.165) is 23.7 Å². The maximum absolute atomic E-state index is 4.96. The summed E-state index contributed by atoms with van der Waals surface area (Å²) in [5.41, 5.74) is 1.94. The molecule has 2 heterocycles. The Hall–Kier alpha value is -1.69. The highest BCUT2D eigenvalue weighted by molar-refractivity contribution is 5.03. The van der Waals surface area contributed by atoms with E-state index in [4.69, 9.17) is 4.52 Å². The molecule has 1 N–H and O–H groups in total. The van der Waals surface area contributed by atoms with Gasteiger partial charge in [-0.25, -0.2) is 0 Å². The van der Waals surface area contributed by atoms with Crippen LogP contribution in [0.25, 0.3) is 0 Å². The van der Waals surface area contributed by atoms with E-state index < -0.39 is 0 Å². The van der Waals surface area contributed by atoms with Crippen molar-refractivity contribution in [3.8, 4) is 0 Å². The molecule has 2 rings (SSSR count). The first-order chi connectivity index (χ1) is 7.25. The number of hydrogen-bond acceptors (Lipinski definition) is 5. The van der Waals surface area contributed by atoms with E-state index in [-0.39, 0.29) is 0 Å². The van der Waals surface area contributed by atoms with Gasteiger partial charge < -0.3 is 9.84 Å². The van der Waals surface area contributed by atoms with Crippen molar-refractivity contribution >= 4 is 0 Å². The first kappa shape index (κ1) is 9.85. The quantitative estimate of drug-likeness (QED) is 0.786. The van der Waals surface area contributed by atoms with Crippen LogP contribution >= 0.6 is 0 Å². The van der Waals surface area contributed by atoms with Crippen molar-refractivity contribution in [3.63, 3.8) is 0 Å². The molecule has 80 valence electrons. The van der Waals surface area contributed by atoms with Gasteiger partial charge in [0.25, 0.3) is 0 Å². The van der Waals surface area contributed by atoms with Gasteiger partial charge in [-0.05, 0) is 6.92 Å². The lowest BCUT2D eigenvalue weighted by Crippen LogP contribution is -2.15. The monoisotopic (exact) mass is 207 g/mol. The van der Waals surface area contributed by atoms with Crippen LogP contribution in [0.2, 0.25) is 0 Å². The molecular formula is C9H13N5O. The normalized spacial score (nSPS) is 10.8. The fourth-order valence-electron chi connectivity index (χ4n) is 1.29. The van der Waals surface area contributed by atoms with Crippen LogP contribution in [0.1, 0.15) is 17.1 Å². The van der Waals surface area contributed by atoms with Gasteiger partial charge in [-0.1, -0.05) is 10.4 Å². The zero-order valence-electron chi connectivity index (χ0n) is 8.77. The van der Waals surface area contributed by atoms with E-state index in [2.05, 4.69) is 20.8 Å². The van der Waals surface area contributed by atoms with Gasteiger partial charge in [-0.2, -0.15) is 0 Å². The van der Waals surface area contributed by atoms with Crippen LogP contribution in [0, 0.1) is 6.92 Å². The smallest absolute Gasteiger partial charge is 0.133 e. The minimum absolute atomic E-state index is 0.683. The van der Waals surface area contributed by atoms with Crippen LogP contribution in [0.3, 0.4) is 0 Å². The SMILES string of the molecule is Cc1cc(CNCc2cnnn2C)no1. The van der Waals surface area contributed by atoms with E-state index in [0.29, 0.717) is 6.54 Å². The third-order valence-corrected chi connectivity index (χ3v) is 2.10. The summed E-state index contributed by atoms with van der Waals surface area (Å²) in [6.07, 6.45) is 1.74. The van der Waals surface area contributed by atoms with Gasteiger partial charge >= 0.3 is 0 Å². The van der Waals surface area contributed by atoms with E-state index in [1.54, 1.807) is 10.9 Å². The summed E-state index contributed by atoms with van der Waals surface area (Å²) in [5, 5.41) is 14.7. The summed E-state index contributed by atoms with van der Waals surface area (Å²) >= 11 is 0. The van der Waals surface area contributed by atoms with Crippen molar-refractivity contribution in [2.75, 3.05) is 0 Å². The molecule has 0 aromatic carbocycles. The van der Waals surface area contributed by atoms with Gasteiger partial charge in [-0.3, -0.25) is 4.68 Å². The molecule has 2 aromatic heterocycles.